The molecule has 2 aliphatic carbocycles. The smallest absolute Gasteiger partial charge is 0.198 e. The third-order valence-electron chi connectivity index (χ3n) is 15.6. The largest absolute Gasteiger partial charge is 0.454 e. The Morgan fingerprint density at radius 2 is 1.12 bits per heavy atom. The molecule has 3 nitrogen and oxygen atoms in total. The topological polar surface area (TPSA) is 28.4 Å². The summed E-state index contributed by atoms with van der Waals surface area (Å²) < 4.78 is 7.15. The first-order valence-electron chi connectivity index (χ1n) is 23.5. The quantitative estimate of drug-likeness (QED) is 0.180. The van der Waals surface area contributed by atoms with Crippen molar-refractivity contribution in [2.45, 2.75) is 50.9 Å². The summed E-state index contributed by atoms with van der Waals surface area (Å²) in [5.41, 5.74) is 26.4. The molecular formula is C62H47BN2O. The summed E-state index contributed by atoms with van der Waals surface area (Å²) in [5.74, 6) is 0. The number of anilines is 5. The third kappa shape index (κ3) is 4.78. The van der Waals surface area contributed by atoms with Gasteiger partial charge in [0.25, 0.3) is 0 Å². The molecule has 66 heavy (non-hydrogen) atoms. The summed E-state index contributed by atoms with van der Waals surface area (Å²) in [4.78, 5) is 2.59. The van der Waals surface area contributed by atoms with Crippen LogP contribution in [-0.4, -0.2) is 7.28 Å². The van der Waals surface area contributed by atoms with E-state index >= 15 is 0 Å². The molecule has 0 fully saturated rings. The number of hydrogen-bond donors (Lipinski definition) is 1. The van der Waals surface area contributed by atoms with Crippen LogP contribution in [0.1, 0.15) is 73.6 Å². The minimum atomic E-state index is -0.492. The first-order chi connectivity index (χ1) is 32.1. The lowest BCUT2D eigenvalue weighted by Gasteiger charge is -2.48. The predicted molar refractivity (Wildman–Crippen MR) is 277 cm³/mol. The summed E-state index contributed by atoms with van der Waals surface area (Å²) in [6.45, 7) is 11.6. The van der Waals surface area contributed by atoms with Gasteiger partial charge in [0.2, 0.25) is 0 Å². The van der Waals surface area contributed by atoms with E-state index in [-0.39, 0.29) is 10.8 Å². The van der Waals surface area contributed by atoms with Crippen LogP contribution in [0.5, 0.6) is 0 Å². The first-order valence-corrected chi connectivity index (χ1v) is 23.5. The molecule has 2 aliphatic heterocycles. The van der Waals surface area contributed by atoms with E-state index in [2.05, 4.69) is 227 Å². The van der Waals surface area contributed by atoms with E-state index in [4.69, 9.17) is 4.42 Å². The van der Waals surface area contributed by atoms with Gasteiger partial charge in [-0.3, -0.25) is 0 Å². The predicted octanol–water partition coefficient (Wildman–Crippen LogP) is 14.4. The summed E-state index contributed by atoms with van der Waals surface area (Å²) in [7, 11) is 0.749. The Morgan fingerprint density at radius 3 is 1.85 bits per heavy atom. The molecule has 0 bridgehead atoms. The molecule has 1 aromatic heterocycles. The number of nitrogens with zero attached hydrogens (tertiary/aromatic N) is 1. The fourth-order valence-corrected chi connectivity index (χ4v) is 12.8. The number of furan rings is 1. The number of rotatable bonds is 3. The van der Waals surface area contributed by atoms with E-state index in [1.807, 2.05) is 0 Å². The van der Waals surface area contributed by atoms with Crippen LogP contribution in [0.25, 0.3) is 55.3 Å². The van der Waals surface area contributed by atoms with Crippen LogP contribution in [0.15, 0.2) is 186 Å². The van der Waals surface area contributed by atoms with Gasteiger partial charge >= 0.3 is 0 Å². The monoisotopic (exact) mass is 846 g/mol. The van der Waals surface area contributed by atoms with Crippen molar-refractivity contribution >= 4 is 68.6 Å². The van der Waals surface area contributed by atoms with Gasteiger partial charge in [-0.2, -0.15) is 0 Å². The van der Waals surface area contributed by atoms with Crippen LogP contribution in [0, 0.1) is 0 Å². The van der Waals surface area contributed by atoms with E-state index < -0.39 is 5.41 Å². The van der Waals surface area contributed by atoms with Gasteiger partial charge in [0, 0.05) is 33.1 Å². The Balaban J connectivity index is 1.08. The fraction of sp³-hybridized carbons (Fsp3) is 0.129. The molecule has 1 N–H and O–H groups in total. The lowest BCUT2D eigenvalue weighted by molar-refractivity contribution is 0.590. The van der Waals surface area contributed by atoms with Gasteiger partial charge < -0.3 is 14.6 Å². The number of para-hydroxylation sites is 3. The highest BCUT2D eigenvalue weighted by molar-refractivity contribution is 6.74. The zero-order chi connectivity index (χ0) is 44.3. The van der Waals surface area contributed by atoms with E-state index in [0.29, 0.717) is 0 Å². The Labute approximate surface area is 386 Å². The molecule has 0 amide bonds. The third-order valence-corrected chi connectivity index (χ3v) is 15.6. The van der Waals surface area contributed by atoms with Crippen molar-refractivity contribution in [1.29, 1.82) is 0 Å². The second kappa shape index (κ2) is 13.0. The lowest BCUT2D eigenvalue weighted by Crippen LogP contribution is -2.47. The molecule has 4 aliphatic rings. The molecule has 0 radical (unpaired) electrons. The average molecular weight is 847 g/mol. The van der Waals surface area contributed by atoms with Crippen LogP contribution < -0.4 is 21.1 Å². The Morgan fingerprint density at radius 1 is 0.515 bits per heavy atom. The zero-order valence-electron chi connectivity index (χ0n) is 37.9. The molecule has 1 spiro atoms. The average Bonchev–Trinajstić information content (AvgIpc) is 3.94. The highest BCUT2D eigenvalue weighted by Crippen LogP contribution is 2.64. The first kappa shape index (κ1) is 37.8. The molecule has 9 aromatic carbocycles. The minimum Gasteiger partial charge on any atom is -0.454 e. The summed E-state index contributed by atoms with van der Waals surface area (Å²) in [6.07, 6.45) is 0. The van der Waals surface area contributed by atoms with Crippen molar-refractivity contribution in [3.8, 4) is 33.4 Å². The second-order valence-corrected chi connectivity index (χ2v) is 20.4. The maximum absolute atomic E-state index is 7.15. The maximum atomic E-state index is 7.15. The van der Waals surface area contributed by atoms with Crippen LogP contribution in [0.3, 0.4) is 0 Å². The van der Waals surface area contributed by atoms with Gasteiger partial charge in [0.15, 0.2) is 12.9 Å². The molecule has 0 unspecified atom stereocenters. The molecule has 0 saturated heterocycles. The van der Waals surface area contributed by atoms with Crippen molar-refractivity contribution in [2.24, 2.45) is 0 Å². The van der Waals surface area contributed by atoms with Crippen LogP contribution in [-0.2, 0) is 16.2 Å². The molecule has 10 aromatic rings. The molecule has 0 atom stereocenters. The van der Waals surface area contributed by atoms with Crippen LogP contribution in [0.4, 0.5) is 28.4 Å². The standard InChI is InChI=1S/C62H47BN2O/c1-60(2,3)36-29-31-37(32-30-36)64-56-43(34-33-42-40-19-6-10-21-46(40)61(4,5)54(42)56)44-35-45-41-20-9-15-28-53(41)66-59(45)58-55(44)63-51-26-16-25-50-57(51)65(58)52-27-14-13-24-49(52)62(50)47-22-11-7-17-38(47)39-18-8-12-23-48(39)62/h6-35,63-64H,1-5H3. The number of fused-ring (bicyclic) bond motifs is 18. The van der Waals surface area contributed by atoms with Crippen LogP contribution in [0.2, 0.25) is 0 Å². The zero-order valence-corrected chi connectivity index (χ0v) is 37.9. The number of nitrogens with one attached hydrogen (secondary N) is 1. The normalized spacial score (nSPS) is 15.1. The highest BCUT2D eigenvalue weighted by Gasteiger charge is 2.53. The molecule has 314 valence electrons. The van der Waals surface area contributed by atoms with Crippen molar-refractivity contribution < 1.29 is 4.42 Å². The van der Waals surface area contributed by atoms with Gasteiger partial charge in [-0.05, 0) is 108 Å². The Kier molecular flexibility index (Phi) is 7.47. The van der Waals surface area contributed by atoms with Crippen molar-refractivity contribution in [3.63, 3.8) is 0 Å². The second-order valence-electron chi connectivity index (χ2n) is 20.4. The summed E-state index contributed by atoms with van der Waals surface area (Å²) in [6, 6.07) is 68.3. The van der Waals surface area contributed by atoms with Crippen molar-refractivity contribution in [3.05, 3.63) is 221 Å². The molecular weight excluding hydrogens is 800 g/mol. The van der Waals surface area contributed by atoms with Gasteiger partial charge in [-0.15, -0.1) is 0 Å². The van der Waals surface area contributed by atoms with E-state index in [1.165, 1.54) is 94.6 Å². The van der Waals surface area contributed by atoms with E-state index in [9.17, 15) is 0 Å². The molecule has 3 heterocycles. The fourth-order valence-electron chi connectivity index (χ4n) is 12.8. The van der Waals surface area contributed by atoms with Crippen LogP contribution >= 0.6 is 0 Å². The molecule has 14 rings (SSSR count). The summed E-state index contributed by atoms with van der Waals surface area (Å²) in [5, 5.41) is 6.37. The van der Waals surface area contributed by atoms with Gasteiger partial charge in [0.05, 0.1) is 22.5 Å². The summed E-state index contributed by atoms with van der Waals surface area (Å²) >= 11 is 0. The van der Waals surface area contributed by atoms with Gasteiger partial charge in [-0.25, -0.2) is 0 Å². The SMILES string of the molecule is CC(C)(C)c1ccc(Nc2c(-c3cc4c(oc5ccccc54)c4c3Bc3cccc5c3N4c3ccccc3C53c4ccccc4-c4ccccc43)ccc3c2C(C)(C)c2ccccc2-3)cc1. The van der Waals surface area contributed by atoms with Crippen molar-refractivity contribution in [2.75, 3.05) is 10.2 Å². The highest BCUT2D eigenvalue weighted by atomic mass is 16.3. The van der Waals surface area contributed by atoms with Gasteiger partial charge in [-0.1, -0.05) is 192 Å². The van der Waals surface area contributed by atoms with E-state index in [1.54, 1.807) is 0 Å². The number of benzene rings is 9. The van der Waals surface area contributed by atoms with E-state index in [0.717, 1.165) is 46.3 Å². The Hall–Kier alpha value is -7.56. The van der Waals surface area contributed by atoms with Gasteiger partial charge in [0.1, 0.15) is 5.58 Å². The maximum Gasteiger partial charge on any atom is 0.198 e. The molecule has 0 saturated carbocycles. The lowest BCUT2D eigenvalue weighted by atomic mass is 9.54. The number of hydrogen-bond acceptors (Lipinski definition) is 3. The Bertz CT molecular complexity index is 3690. The van der Waals surface area contributed by atoms with Crippen molar-refractivity contribution in [1.82, 2.24) is 0 Å². The molecule has 4 heteroatoms. The minimum absolute atomic E-state index is 0.0522.